The molecule has 0 aliphatic heterocycles. The van der Waals surface area contributed by atoms with Gasteiger partial charge in [-0.1, -0.05) is 52.0 Å². The summed E-state index contributed by atoms with van der Waals surface area (Å²) in [7, 11) is 0. The quantitative estimate of drug-likeness (QED) is 0.469. The van der Waals surface area contributed by atoms with Crippen molar-refractivity contribution < 1.29 is 4.92 Å². The van der Waals surface area contributed by atoms with Crippen LogP contribution in [0.15, 0.2) is 42.5 Å². The van der Waals surface area contributed by atoms with Gasteiger partial charge in [0.1, 0.15) is 0 Å². The molecule has 2 aromatic carbocycles. The molecule has 0 saturated carbocycles. The van der Waals surface area contributed by atoms with Gasteiger partial charge in [0.05, 0.1) is 10.5 Å². The molecule has 0 aliphatic carbocycles. The molecule has 0 fully saturated rings. The highest BCUT2D eigenvalue weighted by Crippen LogP contribution is 2.33. The molecule has 4 heteroatoms. The van der Waals surface area contributed by atoms with Crippen LogP contribution in [0.25, 0.3) is 11.1 Å². The maximum Gasteiger partial charge on any atom is 0.277 e. The van der Waals surface area contributed by atoms with E-state index >= 15 is 0 Å². The number of para-hydroxylation sites is 1. The molecule has 0 bridgehead atoms. The van der Waals surface area contributed by atoms with Gasteiger partial charge in [0.15, 0.2) is 0 Å². The molecular formula is C17H24N2O2. The van der Waals surface area contributed by atoms with Crippen LogP contribution in [-0.4, -0.2) is 4.92 Å². The number of nitro groups is 1. The fourth-order valence-corrected chi connectivity index (χ4v) is 1.79. The summed E-state index contributed by atoms with van der Waals surface area (Å²) >= 11 is 0. The summed E-state index contributed by atoms with van der Waals surface area (Å²) in [6, 6.07) is 12.1. The first-order valence-electron chi connectivity index (χ1n) is 7.19. The monoisotopic (exact) mass is 288 g/mol. The van der Waals surface area contributed by atoms with E-state index in [1.165, 1.54) is 6.07 Å². The van der Waals surface area contributed by atoms with E-state index in [9.17, 15) is 10.1 Å². The zero-order valence-corrected chi connectivity index (χ0v) is 13.4. The molecule has 0 aliphatic rings. The molecular weight excluding hydrogens is 264 g/mol. The van der Waals surface area contributed by atoms with Crippen molar-refractivity contribution in [1.29, 1.82) is 0 Å². The van der Waals surface area contributed by atoms with Gasteiger partial charge in [0, 0.05) is 17.3 Å². The molecule has 0 radical (unpaired) electrons. The highest BCUT2D eigenvalue weighted by atomic mass is 16.6. The third-order valence-corrected chi connectivity index (χ3v) is 2.60. The molecule has 0 unspecified atom stereocenters. The number of anilines is 1. The normalized spacial score (nSPS) is 8.81. The van der Waals surface area contributed by atoms with Crippen LogP contribution in [0.2, 0.25) is 0 Å². The first-order valence-corrected chi connectivity index (χ1v) is 7.19. The van der Waals surface area contributed by atoms with Gasteiger partial charge in [-0.2, -0.15) is 0 Å². The highest BCUT2D eigenvalue weighted by Gasteiger charge is 2.15. The van der Waals surface area contributed by atoms with Crippen LogP contribution in [-0.2, 0) is 0 Å². The lowest BCUT2D eigenvalue weighted by atomic mass is 10.0. The number of hydrogen-bond donors (Lipinski definition) is 1. The third kappa shape index (κ3) is 4.91. The van der Waals surface area contributed by atoms with E-state index in [1.807, 2.05) is 52.8 Å². The van der Waals surface area contributed by atoms with Crippen LogP contribution in [0, 0.1) is 17.0 Å². The zero-order chi connectivity index (χ0) is 16.4. The van der Waals surface area contributed by atoms with Gasteiger partial charge in [0.2, 0.25) is 0 Å². The van der Waals surface area contributed by atoms with Crippen molar-refractivity contribution in [2.75, 3.05) is 5.73 Å². The molecule has 2 aromatic rings. The van der Waals surface area contributed by atoms with Gasteiger partial charge in [-0.3, -0.25) is 10.1 Å². The Bertz CT molecular complexity index is 581. The minimum atomic E-state index is -0.394. The van der Waals surface area contributed by atoms with E-state index in [4.69, 9.17) is 5.73 Å². The lowest BCUT2D eigenvalue weighted by Crippen LogP contribution is -1.95. The summed E-state index contributed by atoms with van der Waals surface area (Å²) in [5.41, 5.74) is 8.81. The van der Waals surface area contributed by atoms with Gasteiger partial charge in [0.25, 0.3) is 5.69 Å². The van der Waals surface area contributed by atoms with E-state index in [2.05, 4.69) is 0 Å². The number of nitrogens with zero attached hydrogens (tertiary/aromatic N) is 1. The number of rotatable bonds is 2. The fraction of sp³-hybridized carbons (Fsp3) is 0.294. The van der Waals surface area contributed by atoms with Crippen LogP contribution in [0.3, 0.4) is 0 Å². The number of hydrogen-bond acceptors (Lipinski definition) is 3. The molecule has 0 amide bonds. The SMILES string of the molecule is CC.CC.Cc1ccc(-c2ccccc2[N+](=O)[O-])c(N)c1. The molecule has 0 heterocycles. The molecule has 0 spiro atoms. The molecule has 2 rings (SSSR count). The average Bonchev–Trinajstić information content (AvgIpc) is 2.51. The number of aryl methyl sites for hydroxylation is 1. The summed E-state index contributed by atoms with van der Waals surface area (Å²) in [6.45, 7) is 9.93. The van der Waals surface area contributed by atoms with Crippen LogP contribution in [0.1, 0.15) is 33.3 Å². The predicted molar refractivity (Wildman–Crippen MR) is 90.4 cm³/mol. The van der Waals surface area contributed by atoms with Crippen LogP contribution in [0.5, 0.6) is 0 Å². The minimum Gasteiger partial charge on any atom is -0.398 e. The van der Waals surface area contributed by atoms with E-state index in [0.29, 0.717) is 16.8 Å². The van der Waals surface area contributed by atoms with Gasteiger partial charge < -0.3 is 5.73 Å². The van der Waals surface area contributed by atoms with E-state index in [-0.39, 0.29) is 5.69 Å². The Labute approximate surface area is 126 Å². The molecule has 0 atom stereocenters. The Morgan fingerprint density at radius 2 is 1.52 bits per heavy atom. The number of nitrogens with two attached hydrogens (primary N) is 1. The second-order valence-electron chi connectivity index (χ2n) is 3.86. The van der Waals surface area contributed by atoms with Crippen LogP contribution < -0.4 is 5.73 Å². The lowest BCUT2D eigenvalue weighted by Gasteiger charge is -2.07. The molecule has 21 heavy (non-hydrogen) atoms. The van der Waals surface area contributed by atoms with E-state index < -0.39 is 4.92 Å². The van der Waals surface area contributed by atoms with Gasteiger partial charge in [-0.05, 0) is 24.6 Å². The summed E-state index contributed by atoms with van der Waals surface area (Å²) in [5.74, 6) is 0. The van der Waals surface area contributed by atoms with Crippen molar-refractivity contribution in [3.63, 3.8) is 0 Å². The minimum absolute atomic E-state index is 0.0723. The summed E-state index contributed by atoms with van der Waals surface area (Å²) < 4.78 is 0. The average molecular weight is 288 g/mol. The van der Waals surface area contributed by atoms with Gasteiger partial charge in [-0.25, -0.2) is 0 Å². The van der Waals surface area contributed by atoms with Crippen LogP contribution >= 0.6 is 0 Å². The summed E-state index contributed by atoms with van der Waals surface area (Å²) in [4.78, 5) is 10.5. The lowest BCUT2D eigenvalue weighted by molar-refractivity contribution is -0.384. The number of benzene rings is 2. The van der Waals surface area contributed by atoms with Crippen molar-refractivity contribution >= 4 is 11.4 Å². The molecule has 114 valence electrons. The molecule has 2 N–H and O–H groups in total. The van der Waals surface area contributed by atoms with Crippen molar-refractivity contribution in [2.45, 2.75) is 34.6 Å². The van der Waals surface area contributed by atoms with Crippen molar-refractivity contribution in [3.8, 4) is 11.1 Å². The summed E-state index contributed by atoms with van der Waals surface area (Å²) in [5, 5.41) is 10.9. The predicted octanol–water partition coefficient (Wildman–Crippen LogP) is 5.20. The smallest absolute Gasteiger partial charge is 0.277 e. The van der Waals surface area contributed by atoms with E-state index in [1.54, 1.807) is 18.2 Å². The first kappa shape index (κ1) is 18.6. The number of nitro benzene ring substituents is 1. The van der Waals surface area contributed by atoms with E-state index in [0.717, 1.165) is 5.56 Å². The first-order chi connectivity index (χ1) is 10.1. The molecule has 4 nitrogen and oxygen atoms in total. The fourth-order valence-electron chi connectivity index (χ4n) is 1.79. The third-order valence-electron chi connectivity index (χ3n) is 2.60. The van der Waals surface area contributed by atoms with Crippen molar-refractivity contribution in [3.05, 3.63) is 58.1 Å². The Hall–Kier alpha value is -2.36. The Balaban J connectivity index is 0.000000921. The standard InChI is InChI=1S/C13H12N2O2.2C2H6/c1-9-6-7-10(12(14)8-9)11-4-2-3-5-13(11)15(16)17;2*1-2/h2-8H,14H2,1H3;2*1-2H3. The van der Waals surface area contributed by atoms with Crippen molar-refractivity contribution in [1.82, 2.24) is 0 Å². The molecule has 0 aromatic heterocycles. The van der Waals surface area contributed by atoms with Crippen molar-refractivity contribution in [2.24, 2.45) is 0 Å². The Morgan fingerprint density at radius 3 is 2.05 bits per heavy atom. The van der Waals surface area contributed by atoms with Gasteiger partial charge in [-0.15, -0.1) is 0 Å². The zero-order valence-electron chi connectivity index (χ0n) is 13.4. The second kappa shape index (κ2) is 9.53. The highest BCUT2D eigenvalue weighted by molar-refractivity contribution is 5.82. The largest absolute Gasteiger partial charge is 0.398 e. The topological polar surface area (TPSA) is 69.2 Å². The van der Waals surface area contributed by atoms with Crippen LogP contribution in [0.4, 0.5) is 11.4 Å². The maximum atomic E-state index is 10.9. The Morgan fingerprint density at radius 1 is 0.952 bits per heavy atom. The maximum absolute atomic E-state index is 10.9. The summed E-state index contributed by atoms with van der Waals surface area (Å²) in [6.07, 6.45) is 0. The molecule has 0 saturated heterocycles. The second-order valence-corrected chi connectivity index (χ2v) is 3.86. The Kier molecular flexibility index (Phi) is 8.46. The van der Waals surface area contributed by atoms with Gasteiger partial charge >= 0.3 is 0 Å². The number of nitrogen functional groups attached to an aromatic ring is 1.